The second-order valence-corrected chi connectivity index (χ2v) is 4.48. The number of amides is 1. The van der Waals surface area contributed by atoms with Crippen molar-refractivity contribution < 1.29 is 9.53 Å². The normalized spacial score (nSPS) is 10.7. The molecule has 0 aromatic carbocycles. The Morgan fingerprint density at radius 1 is 0.950 bits per heavy atom. The minimum absolute atomic E-state index is 0.0387. The molecule has 0 radical (unpaired) electrons. The Kier molecular flexibility index (Phi) is 15.7. The fraction of sp³-hybridized carbons (Fsp3) is 0.923. The molecule has 0 aromatic rings. The molecule has 0 bridgehead atoms. The van der Waals surface area contributed by atoms with Gasteiger partial charge in [0.25, 0.3) is 0 Å². The number of ether oxygens (including phenoxy) is 1. The number of carbonyl (C=O) groups is 1. The van der Waals surface area contributed by atoms with Gasteiger partial charge in [0.1, 0.15) is 0 Å². The number of hydrogen-bond donors (Lipinski definition) is 5. The predicted molar refractivity (Wildman–Crippen MR) is 81.8 cm³/mol. The van der Waals surface area contributed by atoms with Crippen LogP contribution in [0.1, 0.15) is 12.8 Å². The maximum atomic E-state index is 11.2. The van der Waals surface area contributed by atoms with E-state index in [-0.39, 0.29) is 5.91 Å². The van der Waals surface area contributed by atoms with Gasteiger partial charge in [-0.2, -0.15) is 0 Å². The van der Waals surface area contributed by atoms with Gasteiger partial charge in [0.2, 0.25) is 5.91 Å². The van der Waals surface area contributed by atoms with Crippen LogP contribution in [0.2, 0.25) is 0 Å². The first kappa shape index (κ1) is 19.3. The highest BCUT2D eigenvalue weighted by molar-refractivity contribution is 5.75. The van der Waals surface area contributed by atoms with E-state index >= 15 is 0 Å². The van der Waals surface area contributed by atoms with E-state index in [1.165, 1.54) is 0 Å². The molecule has 7 nitrogen and oxygen atoms in total. The summed E-state index contributed by atoms with van der Waals surface area (Å²) in [4.78, 5) is 11.2. The third kappa shape index (κ3) is 15.3. The lowest BCUT2D eigenvalue weighted by atomic mass is 10.4. The Labute approximate surface area is 122 Å². The van der Waals surface area contributed by atoms with Crippen LogP contribution in [0.25, 0.3) is 0 Å². The molecule has 0 spiro atoms. The lowest BCUT2D eigenvalue weighted by molar-refractivity contribution is -0.121. The summed E-state index contributed by atoms with van der Waals surface area (Å²) < 4.78 is 4.83. The van der Waals surface area contributed by atoms with Gasteiger partial charge in [0.05, 0.1) is 6.61 Å². The minimum Gasteiger partial charge on any atom is -0.384 e. The Hall–Kier alpha value is -0.730. The minimum atomic E-state index is 0.0387. The highest BCUT2D eigenvalue weighted by Crippen LogP contribution is 1.79. The summed E-state index contributed by atoms with van der Waals surface area (Å²) in [5.41, 5.74) is 5.37. The van der Waals surface area contributed by atoms with Gasteiger partial charge < -0.3 is 31.7 Å². The zero-order valence-corrected chi connectivity index (χ0v) is 12.7. The largest absolute Gasteiger partial charge is 0.384 e. The van der Waals surface area contributed by atoms with Gasteiger partial charge in [-0.15, -0.1) is 0 Å². The maximum Gasteiger partial charge on any atom is 0.222 e. The van der Waals surface area contributed by atoms with Crippen LogP contribution in [0.15, 0.2) is 0 Å². The summed E-state index contributed by atoms with van der Waals surface area (Å²) in [6.45, 7) is 7.36. The zero-order valence-electron chi connectivity index (χ0n) is 12.7. The zero-order chi connectivity index (χ0) is 14.9. The smallest absolute Gasteiger partial charge is 0.222 e. The topological polar surface area (TPSA) is 100 Å². The molecule has 1 amide bonds. The summed E-state index contributed by atoms with van der Waals surface area (Å²) in [7, 11) is 1.59. The van der Waals surface area contributed by atoms with E-state index in [2.05, 4.69) is 21.3 Å². The molecule has 0 aliphatic carbocycles. The highest BCUT2D eigenvalue weighted by Gasteiger charge is 1.98. The van der Waals surface area contributed by atoms with Crippen LogP contribution >= 0.6 is 0 Å². The highest BCUT2D eigenvalue weighted by atomic mass is 16.5. The van der Waals surface area contributed by atoms with Crippen LogP contribution in [0, 0.1) is 0 Å². The Bertz CT molecular complexity index is 217. The van der Waals surface area contributed by atoms with E-state index in [1.807, 2.05) is 0 Å². The molecular weight excluding hydrogens is 258 g/mol. The number of nitrogens with two attached hydrogens (primary N) is 1. The van der Waals surface area contributed by atoms with Crippen molar-refractivity contribution >= 4 is 5.91 Å². The van der Waals surface area contributed by atoms with Crippen molar-refractivity contribution in [3.05, 3.63) is 0 Å². The summed E-state index contributed by atoms with van der Waals surface area (Å²) in [6.07, 6.45) is 1.53. The van der Waals surface area contributed by atoms with Gasteiger partial charge in [-0.25, -0.2) is 0 Å². The number of carbonyl (C=O) groups excluding carboxylic acids is 1. The van der Waals surface area contributed by atoms with Crippen LogP contribution in [0.4, 0.5) is 0 Å². The van der Waals surface area contributed by atoms with Crippen molar-refractivity contribution in [1.29, 1.82) is 0 Å². The molecule has 7 heteroatoms. The Morgan fingerprint density at radius 3 is 2.20 bits per heavy atom. The molecular formula is C13H31N5O2. The van der Waals surface area contributed by atoms with E-state index in [0.717, 1.165) is 45.7 Å². The predicted octanol–water partition coefficient (Wildman–Crippen LogP) is -1.74. The molecule has 0 saturated carbocycles. The first-order valence-electron chi connectivity index (χ1n) is 7.39. The van der Waals surface area contributed by atoms with Crippen LogP contribution in [-0.2, 0) is 9.53 Å². The van der Waals surface area contributed by atoms with Crippen LogP contribution < -0.4 is 27.0 Å². The SMILES string of the molecule is COCCC(=O)NCCNCCNCCCNCCN. The van der Waals surface area contributed by atoms with Crippen molar-refractivity contribution in [2.75, 3.05) is 66.1 Å². The molecule has 0 saturated heterocycles. The van der Waals surface area contributed by atoms with E-state index in [4.69, 9.17) is 10.5 Å². The van der Waals surface area contributed by atoms with Gasteiger partial charge in [-0.1, -0.05) is 0 Å². The average molecular weight is 289 g/mol. The van der Waals surface area contributed by atoms with E-state index in [9.17, 15) is 4.79 Å². The lowest BCUT2D eigenvalue weighted by Crippen LogP contribution is -2.35. The number of rotatable bonds is 15. The molecule has 0 unspecified atom stereocenters. The second-order valence-electron chi connectivity index (χ2n) is 4.48. The third-order valence-corrected chi connectivity index (χ3v) is 2.66. The second kappa shape index (κ2) is 16.3. The first-order chi connectivity index (χ1) is 9.81. The monoisotopic (exact) mass is 289 g/mol. The van der Waals surface area contributed by atoms with E-state index < -0.39 is 0 Å². The van der Waals surface area contributed by atoms with E-state index in [0.29, 0.717) is 26.1 Å². The number of nitrogens with one attached hydrogen (secondary N) is 4. The van der Waals surface area contributed by atoms with Crippen LogP contribution in [0.5, 0.6) is 0 Å². The molecule has 6 N–H and O–H groups in total. The summed E-state index contributed by atoms with van der Waals surface area (Å²) in [6, 6.07) is 0. The maximum absolute atomic E-state index is 11.2. The van der Waals surface area contributed by atoms with Crippen molar-refractivity contribution in [2.24, 2.45) is 5.73 Å². The molecule has 120 valence electrons. The number of methoxy groups -OCH3 is 1. The van der Waals surface area contributed by atoms with Crippen molar-refractivity contribution in [3.63, 3.8) is 0 Å². The molecule has 20 heavy (non-hydrogen) atoms. The van der Waals surface area contributed by atoms with Gasteiger partial charge in [-0.05, 0) is 19.5 Å². The number of hydrogen-bond acceptors (Lipinski definition) is 6. The molecule has 0 rings (SSSR count). The first-order valence-corrected chi connectivity index (χ1v) is 7.39. The molecule has 0 atom stereocenters. The standard InChI is InChI=1S/C13H31N5O2/c1-20-12-3-13(19)18-11-10-17-9-8-16-6-2-5-15-7-4-14/h15-17H,2-12,14H2,1H3,(H,18,19). The van der Waals surface area contributed by atoms with Gasteiger partial charge >= 0.3 is 0 Å². The molecule has 0 aromatic heterocycles. The molecule has 0 heterocycles. The molecule has 0 aliphatic rings. The Morgan fingerprint density at radius 2 is 1.55 bits per heavy atom. The summed E-state index contributed by atoms with van der Waals surface area (Å²) in [5.74, 6) is 0.0387. The van der Waals surface area contributed by atoms with Crippen LogP contribution in [0.3, 0.4) is 0 Å². The fourth-order valence-electron chi connectivity index (χ4n) is 1.57. The fourth-order valence-corrected chi connectivity index (χ4v) is 1.57. The third-order valence-electron chi connectivity index (χ3n) is 2.66. The van der Waals surface area contributed by atoms with Crippen molar-refractivity contribution in [3.8, 4) is 0 Å². The van der Waals surface area contributed by atoms with Gasteiger partial charge in [-0.3, -0.25) is 4.79 Å². The van der Waals surface area contributed by atoms with Crippen LogP contribution in [-0.4, -0.2) is 72.0 Å². The van der Waals surface area contributed by atoms with Gasteiger partial charge in [0.15, 0.2) is 0 Å². The summed E-state index contributed by atoms with van der Waals surface area (Å²) >= 11 is 0. The molecule has 0 aliphatic heterocycles. The van der Waals surface area contributed by atoms with Gasteiger partial charge in [0, 0.05) is 52.8 Å². The quantitative estimate of drug-likeness (QED) is 0.229. The molecule has 0 fully saturated rings. The average Bonchev–Trinajstić information content (AvgIpc) is 2.46. The lowest BCUT2D eigenvalue weighted by Gasteiger charge is -2.08. The Balaban J connectivity index is 3.04. The van der Waals surface area contributed by atoms with Crippen molar-refractivity contribution in [1.82, 2.24) is 21.3 Å². The summed E-state index contributed by atoms with van der Waals surface area (Å²) in [5, 5.41) is 12.7. The van der Waals surface area contributed by atoms with Crippen molar-refractivity contribution in [2.45, 2.75) is 12.8 Å². The van der Waals surface area contributed by atoms with E-state index in [1.54, 1.807) is 7.11 Å².